The maximum Gasteiger partial charge on any atom is 0.309 e. The third-order valence-corrected chi connectivity index (χ3v) is 8.15. The molecule has 2 aromatic heterocycles. The highest BCUT2D eigenvalue weighted by atomic mass is 35.5. The van der Waals surface area contributed by atoms with Crippen LogP contribution in [0.15, 0.2) is 61.1 Å². The van der Waals surface area contributed by atoms with Gasteiger partial charge in [0.1, 0.15) is 30.0 Å². The smallest absolute Gasteiger partial charge is 0.309 e. The Bertz CT molecular complexity index is 1830. The summed E-state index contributed by atoms with van der Waals surface area (Å²) in [7, 11) is 1.33. The molecule has 2 aromatic carbocycles. The number of aromatic nitrogens is 6. The first-order valence-electron chi connectivity index (χ1n) is 15.6. The molecule has 0 aliphatic carbocycles. The molecule has 0 spiro atoms. The van der Waals surface area contributed by atoms with Gasteiger partial charge in [0.15, 0.2) is 0 Å². The van der Waals surface area contributed by atoms with Gasteiger partial charge >= 0.3 is 5.97 Å². The van der Waals surface area contributed by atoms with Crippen LogP contribution in [0.2, 0.25) is 5.02 Å². The first-order chi connectivity index (χ1) is 23.7. The minimum atomic E-state index is -0.585. The van der Waals surface area contributed by atoms with E-state index < -0.39 is 24.1 Å². The van der Waals surface area contributed by atoms with Gasteiger partial charge in [-0.3, -0.25) is 14.4 Å². The minimum absolute atomic E-state index is 0.102. The van der Waals surface area contributed by atoms with Crippen molar-refractivity contribution in [2.45, 2.75) is 50.3 Å². The quantitative estimate of drug-likeness (QED) is 0.0813. The number of H-pyrrole nitrogens is 1. The number of nitrogens with one attached hydrogen (secondary N) is 3. The van der Waals surface area contributed by atoms with Crippen molar-refractivity contribution in [3.8, 4) is 11.8 Å². The molecule has 4 N–H and O–H groups in total. The van der Waals surface area contributed by atoms with Crippen LogP contribution in [0.5, 0.6) is 0 Å². The highest BCUT2D eigenvalue weighted by molar-refractivity contribution is 6.30. The number of unbranched alkanes of at least 4 members (excludes halogenated alkanes) is 1. The zero-order valence-corrected chi connectivity index (χ0v) is 27.4. The molecule has 0 radical (unpaired) electrons. The van der Waals surface area contributed by atoms with Gasteiger partial charge in [0, 0.05) is 35.4 Å². The number of carbonyl (C=O) groups is 3. The topological polar surface area (TPSA) is 204 Å². The molecule has 16 heteroatoms. The van der Waals surface area contributed by atoms with Gasteiger partial charge in [0.05, 0.1) is 37.6 Å². The molecular formula is C33H35ClN10O5. The molecule has 1 fully saturated rings. The lowest BCUT2D eigenvalue weighted by Crippen LogP contribution is -2.57. The summed E-state index contributed by atoms with van der Waals surface area (Å²) in [5.74, 6) is -0.475. The van der Waals surface area contributed by atoms with Crippen LogP contribution in [0.25, 0.3) is 11.8 Å². The van der Waals surface area contributed by atoms with E-state index in [1.54, 1.807) is 41.3 Å². The number of ether oxygens (including phenoxy) is 1. The predicted octanol–water partition coefficient (Wildman–Crippen LogP) is 2.74. The summed E-state index contributed by atoms with van der Waals surface area (Å²) in [6.07, 6.45) is 7.51. The van der Waals surface area contributed by atoms with Crippen LogP contribution in [0, 0.1) is 11.3 Å². The normalized spacial score (nSPS) is 14.1. The molecule has 2 atom stereocenters. The Kier molecular flexibility index (Phi) is 11.7. The van der Waals surface area contributed by atoms with E-state index >= 15 is 0 Å². The maximum absolute atomic E-state index is 13.4. The van der Waals surface area contributed by atoms with Gasteiger partial charge in [0.25, 0.3) is 0 Å². The number of esters is 1. The van der Waals surface area contributed by atoms with E-state index in [0.29, 0.717) is 53.5 Å². The third kappa shape index (κ3) is 9.49. The molecule has 2 amide bonds. The molecule has 5 rings (SSSR count). The summed E-state index contributed by atoms with van der Waals surface area (Å²) < 4.78 is 6.23. The summed E-state index contributed by atoms with van der Waals surface area (Å²) in [6.45, 7) is 0.542. The number of benzene rings is 2. The van der Waals surface area contributed by atoms with Gasteiger partial charge in [-0.1, -0.05) is 36.6 Å². The van der Waals surface area contributed by atoms with Crippen molar-refractivity contribution in [1.82, 2.24) is 40.4 Å². The van der Waals surface area contributed by atoms with E-state index in [1.165, 1.54) is 30.4 Å². The van der Waals surface area contributed by atoms with Crippen LogP contribution < -0.4 is 10.6 Å². The number of hydrogen-bond acceptors (Lipinski definition) is 11. The molecule has 49 heavy (non-hydrogen) atoms. The van der Waals surface area contributed by atoms with E-state index in [4.69, 9.17) is 16.3 Å². The second-order valence-corrected chi connectivity index (χ2v) is 11.9. The van der Waals surface area contributed by atoms with Crippen molar-refractivity contribution < 1.29 is 24.2 Å². The standard InChI is InChI=1S/C33H35ClN10O5/c1-49-31(47)14-21-5-4-6-24(13-21)38-28(33(48)43-18-26(45)19-43)8-3-2-7-27(32-36-17-25(16-35)39-32)40-30(46)12-9-22-15-23(34)10-11-29(22)44-20-37-41-42-44/h4-6,9-13,15,17,20,26-28,38,45H,2-3,7-8,14,18-19H2,1H3,(H,36,39)(H,40,46)/b12-9+/t27-,28+/m0/s1. The second kappa shape index (κ2) is 16.5. The summed E-state index contributed by atoms with van der Waals surface area (Å²) in [5.41, 5.74) is 2.92. The number of anilines is 1. The predicted molar refractivity (Wildman–Crippen MR) is 178 cm³/mol. The lowest BCUT2D eigenvalue weighted by Gasteiger charge is -2.38. The molecule has 1 saturated heterocycles. The van der Waals surface area contributed by atoms with Crippen molar-refractivity contribution in [2.75, 3.05) is 25.5 Å². The molecule has 254 valence electrons. The number of methoxy groups -OCH3 is 1. The zero-order chi connectivity index (χ0) is 34.8. The van der Waals surface area contributed by atoms with Crippen molar-refractivity contribution in [3.63, 3.8) is 0 Å². The number of carbonyl (C=O) groups excluding carboxylic acids is 3. The number of amides is 2. The average Bonchev–Trinajstić information content (AvgIpc) is 3.80. The second-order valence-electron chi connectivity index (χ2n) is 11.5. The van der Waals surface area contributed by atoms with Gasteiger partial charge in [-0.15, -0.1) is 5.10 Å². The van der Waals surface area contributed by atoms with E-state index in [0.717, 1.165) is 5.56 Å². The van der Waals surface area contributed by atoms with E-state index in [2.05, 4.69) is 36.1 Å². The Labute approximate surface area is 286 Å². The van der Waals surface area contributed by atoms with Gasteiger partial charge in [-0.25, -0.2) is 4.98 Å². The Morgan fingerprint density at radius 3 is 2.73 bits per heavy atom. The molecular weight excluding hydrogens is 652 g/mol. The van der Waals surface area contributed by atoms with Gasteiger partial charge in [-0.2, -0.15) is 9.94 Å². The Balaban J connectivity index is 1.24. The molecule has 3 heterocycles. The summed E-state index contributed by atoms with van der Waals surface area (Å²) in [5, 5.41) is 37.1. The fourth-order valence-corrected chi connectivity index (χ4v) is 5.57. The van der Waals surface area contributed by atoms with Gasteiger partial charge in [-0.05, 0) is 65.2 Å². The van der Waals surface area contributed by atoms with Crippen LogP contribution in [0.1, 0.15) is 54.4 Å². The number of imidazole rings is 1. The first-order valence-corrected chi connectivity index (χ1v) is 16.0. The summed E-state index contributed by atoms with van der Waals surface area (Å²) >= 11 is 6.21. The largest absolute Gasteiger partial charge is 0.469 e. The van der Waals surface area contributed by atoms with Crippen LogP contribution in [0.4, 0.5) is 5.69 Å². The summed E-state index contributed by atoms with van der Waals surface area (Å²) in [4.78, 5) is 47.2. The Morgan fingerprint density at radius 2 is 2.02 bits per heavy atom. The Hall–Kier alpha value is -5.59. The summed E-state index contributed by atoms with van der Waals surface area (Å²) in [6, 6.07) is 13.2. The fourth-order valence-electron chi connectivity index (χ4n) is 5.39. The first kappa shape index (κ1) is 34.7. The van der Waals surface area contributed by atoms with Crippen LogP contribution in [0.3, 0.4) is 0 Å². The van der Waals surface area contributed by atoms with Crippen molar-refractivity contribution >= 4 is 41.1 Å². The number of aliphatic hydroxyl groups is 1. The van der Waals surface area contributed by atoms with E-state index in [-0.39, 0.29) is 37.1 Å². The number of halogens is 1. The number of hydrogen-bond donors (Lipinski definition) is 4. The fraction of sp³-hybridized carbons (Fsp3) is 0.333. The third-order valence-electron chi connectivity index (χ3n) is 7.91. The lowest BCUT2D eigenvalue weighted by atomic mass is 10.0. The number of nitrogens with zero attached hydrogens (tertiary/aromatic N) is 7. The highest BCUT2D eigenvalue weighted by Crippen LogP contribution is 2.23. The molecule has 0 saturated carbocycles. The monoisotopic (exact) mass is 686 g/mol. The number of rotatable bonds is 15. The number of likely N-dealkylation sites (tertiary alicyclic amines) is 1. The van der Waals surface area contributed by atoms with Crippen molar-refractivity contribution in [2.24, 2.45) is 0 Å². The van der Waals surface area contributed by atoms with Crippen LogP contribution in [-0.4, -0.2) is 90.3 Å². The van der Waals surface area contributed by atoms with Crippen molar-refractivity contribution in [3.05, 3.63) is 88.7 Å². The molecule has 0 bridgehead atoms. The van der Waals surface area contributed by atoms with Crippen LogP contribution >= 0.6 is 11.6 Å². The Morgan fingerprint density at radius 1 is 1.20 bits per heavy atom. The zero-order valence-electron chi connectivity index (χ0n) is 26.6. The highest BCUT2D eigenvalue weighted by Gasteiger charge is 2.33. The van der Waals surface area contributed by atoms with E-state index in [1.807, 2.05) is 18.2 Å². The number of nitriles is 1. The van der Waals surface area contributed by atoms with Gasteiger partial charge < -0.3 is 30.4 Å². The lowest BCUT2D eigenvalue weighted by molar-refractivity contribution is -0.142. The van der Waals surface area contributed by atoms with Crippen LogP contribution in [-0.2, 0) is 25.5 Å². The molecule has 0 unspecified atom stereocenters. The van der Waals surface area contributed by atoms with Gasteiger partial charge in [0.2, 0.25) is 11.8 Å². The number of β-amino-alcohol motifs (C(OH)–C–C–N with tert-alkyl or cyclic N) is 1. The SMILES string of the molecule is COC(=O)Cc1cccc(N[C@H](CCCC[C@H](NC(=O)/C=C/c2cc(Cl)ccc2-n2cnnn2)c2ncc(C#N)[nH]2)C(=O)N2CC(O)C2)c1. The number of tetrazole rings is 1. The molecule has 1 aliphatic heterocycles. The molecule has 4 aromatic rings. The average molecular weight is 687 g/mol. The minimum Gasteiger partial charge on any atom is -0.469 e. The van der Waals surface area contributed by atoms with E-state index in [9.17, 15) is 24.8 Å². The molecule has 1 aliphatic rings. The number of aliphatic hydroxyl groups excluding tert-OH is 1. The maximum atomic E-state index is 13.4. The molecule has 15 nitrogen and oxygen atoms in total. The van der Waals surface area contributed by atoms with Crippen molar-refractivity contribution in [1.29, 1.82) is 5.26 Å². The number of aromatic amines is 1.